The van der Waals surface area contributed by atoms with Gasteiger partial charge < -0.3 is 5.73 Å². The summed E-state index contributed by atoms with van der Waals surface area (Å²) in [5.41, 5.74) is 5.77. The van der Waals surface area contributed by atoms with Crippen LogP contribution in [0.5, 0.6) is 0 Å². The van der Waals surface area contributed by atoms with Gasteiger partial charge in [0.25, 0.3) is 0 Å². The van der Waals surface area contributed by atoms with Crippen LogP contribution in [-0.2, 0) is 10.3 Å². The standard InChI is InChI=1S/C12H19N3O/c1-4-7-12(11(13)16,15(2)3)10-5-8-14-9-6-10/h5-6,8-9H,4,7H2,1-3H3,(H2,13,16). The highest BCUT2D eigenvalue weighted by atomic mass is 16.1. The van der Waals surface area contributed by atoms with Gasteiger partial charge in [-0.2, -0.15) is 0 Å². The van der Waals surface area contributed by atoms with Gasteiger partial charge in [0, 0.05) is 12.4 Å². The largest absolute Gasteiger partial charge is 0.368 e. The molecule has 2 N–H and O–H groups in total. The van der Waals surface area contributed by atoms with Crippen LogP contribution in [0.25, 0.3) is 0 Å². The van der Waals surface area contributed by atoms with E-state index >= 15 is 0 Å². The fourth-order valence-corrected chi connectivity index (χ4v) is 2.10. The SMILES string of the molecule is CCCC(C(N)=O)(c1ccncc1)N(C)C. The normalized spacial score (nSPS) is 14.8. The zero-order valence-corrected chi connectivity index (χ0v) is 10.1. The molecule has 1 heterocycles. The third-order valence-corrected chi connectivity index (χ3v) is 2.94. The summed E-state index contributed by atoms with van der Waals surface area (Å²) in [6, 6.07) is 3.70. The number of pyridine rings is 1. The quantitative estimate of drug-likeness (QED) is 0.810. The topological polar surface area (TPSA) is 59.2 Å². The molecular weight excluding hydrogens is 202 g/mol. The number of aromatic nitrogens is 1. The number of nitrogens with zero attached hydrogens (tertiary/aromatic N) is 2. The van der Waals surface area contributed by atoms with Crippen molar-refractivity contribution in [2.45, 2.75) is 25.3 Å². The minimum atomic E-state index is -0.725. The molecule has 0 spiro atoms. The maximum atomic E-state index is 11.8. The van der Waals surface area contributed by atoms with Gasteiger partial charge in [-0.15, -0.1) is 0 Å². The second-order valence-electron chi connectivity index (χ2n) is 4.10. The van der Waals surface area contributed by atoms with E-state index in [0.29, 0.717) is 6.42 Å². The molecule has 0 bridgehead atoms. The zero-order valence-electron chi connectivity index (χ0n) is 10.1. The molecule has 0 aromatic carbocycles. The van der Waals surface area contributed by atoms with E-state index in [1.807, 2.05) is 38.1 Å². The van der Waals surface area contributed by atoms with Crippen LogP contribution in [0.1, 0.15) is 25.3 Å². The number of rotatable bonds is 5. The maximum absolute atomic E-state index is 11.8. The molecule has 0 aliphatic rings. The number of carbonyl (C=O) groups excluding carboxylic acids is 1. The minimum absolute atomic E-state index is 0.314. The lowest BCUT2D eigenvalue weighted by molar-refractivity contribution is -0.129. The molecule has 1 unspecified atom stereocenters. The van der Waals surface area contributed by atoms with E-state index < -0.39 is 5.54 Å². The third kappa shape index (κ3) is 2.07. The summed E-state index contributed by atoms with van der Waals surface area (Å²) in [6.07, 6.45) is 4.97. The van der Waals surface area contributed by atoms with Gasteiger partial charge in [0.05, 0.1) is 0 Å². The number of nitrogens with two attached hydrogens (primary N) is 1. The van der Waals surface area contributed by atoms with Gasteiger partial charge in [-0.25, -0.2) is 0 Å². The summed E-state index contributed by atoms with van der Waals surface area (Å²) in [6.45, 7) is 2.04. The summed E-state index contributed by atoms with van der Waals surface area (Å²) in [5.74, 6) is -0.314. The zero-order chi connectivity index (χ0) is 12.2. The van der Waals surface area contributed by atoms with Crippen LogP contribution in [0.15, 0.2) is 24.5 Å². The van der Waals surface area contributed by atoms with Crippen LogP contribution in [0.4, 0.5) is 0 Å². The molecule has 0 fully saturated rings. The average molecular weight is 221 g/mol. The lowest BCUT2D eigenvalue weighted by Gasteiger charge is -2.37. The third-order valence-electron chi connectivity index (χ3n) is 2.94. The van der Waals surface area contributed by atoms with Crippen molar-refractivity contribution in [1.82, 2.24) is 9.88 Å². The Morgan fingerprint density at radius 3 is 2.38 bits per heavy atom. The summed E-state index contributed by atoms with van der Waals surface area (Å²) in [5, 5.41) is 0. The molecule has 1 atom stereocenters. The van der Waals surface area contributed by atoms with Crippen molar-refractivity contribution in [1.29, 1.82) is 0 Å². The van der Waals surface area contributed by atoms with Crippen molar-refractivity contribution < 1.29 is 4.79 Å². The van der Waals surface area contributed by atoms with Crippen LogP contribution in [-0.4, -0.2) is 29.9 Å². The van der Waals surface area contributed by atoms with Crippen molar-refractivity contribution in [2.75, 3.05) is 14.1 Å². The lowest BCUT2D eigenvalue weighted by Crippen LogP contribution is -2.51. The molecule has 0 saturated carbocycles. The van der Waals surface area contributed by atoms with E-state index in [2.05, 4.69) is 4.98 Å². The molecule has 1 aromatic heterocycles. The molecule has 4 nitrogen and oxygen atoms in total. The molecule has 0 aliphatic heterocycles. The van der Waals surface area contributed by atoms with Crippen molar-refractivity contribution in [3.05, 3.63) is 30.1 Å². The Morgan fingerprint density at radius 2 is 2.00 bits per heavy atom. The summed E-state index contributed by atoms with van der Waals surface area (Å²) in [7, 11) is 3.75. The second kappa shape index (κ2) is 5.07. The molecule has 88 valence electrons. The van der Waals surface area contributed by atoms with E-state index in [4.69, 9.17) is 5.73 Å². The van der Waals surface area contributed by atoms with Gasteiger partial charge in [-0.1, -0.05) is 13.3 Å². The number of hydrogen-bond acceptors (Lipinski definition) is 3. The van der Waals surface area contributed by atoms with Crippen molar-refractivity contribution in [2.24, 2.45) is 5.73 Å². The van der Waals surface area contributed by atoms with Gasteiger partial charge >= 0.3 is 0 Å². The van der Waals surface area contributed by atoms with Crippen LogP contribution in [0.2, 0.25) is 0 Å². The smallest absolute Gasteiger partial charge is 0.242 e. The van der Waals surface area contributed by atoms with Gasteiger partial charge in [-0.3, -0.25) is 14.7 Å². The Bertz CT molecular complexity index is 351. The Labute approximate surface area is 96.5 Å². The Kier molecular flexibility index (Phi) is 4.01. The predicted octanol–water partition coefficient (Wildman–Crippen LogP) is 1.12. The summed E-state index contributed by atoms with van der Waals surface area (Å²) >= 11 is 0. The summed E-state index contributed by atoms with van der Waals surface area (Å²) in [4.78, 5) is 17.7. The molecule has 0 saturated heterocycles. The Morgan fingerprint density at radius 1 is 1.44 bits per heavy atom. The second-order valence-corrected chi connectivity index (χ2v) is 4.10. The van der Waals surface area contributed by atoms with Crippen molar-refractivity contribution >= 4 is 5.91 Å². The Hall–Kier alpha value is -1.42. The van der Waals surface area contributed by atoms with E-state index in [1.165, 1.54) is 0 Å². The van der Waals surface area contributed by atoms with E-state index in [9.17, 15) is 4.79 Å². The molecule has 0 aliphatic carbocycles. The van der Waals surface area contributed by atoms with Crippen LogP contribution in [0, 0.1) is 0 Å². The van der Waals surface area contributed by atoms with Crippen molar-refractivity contribution in [3.8, 4) is 0 Å². The number of hydrogen-bond donors (Lipinski definition) is 1. The van der Waals surface area contributed by atoms with Gasteiger partial charge in [0.1, 0.15) is 5.54 Å². The minimum Gasteiger partial charge on any atom is -0.368 e. The van der Waals surface area contributed by atoms with Gasteiger partial charge in [0.2, 0.25) is 5.91 Å². The first kappa shape index (κ1) is 12.6. The first-order valence-electron chi connectivity index (χ1n) is 5.43. The van der Waals surface area contributed by atoms with Gasteiger partial charge in [0.15, 0.2) is 0 Å². The molecule has 1 amide bonds. The number of likely N-dealkylation sites (N-methyl/N-ethyl adjacent to an activating group) is 1. The Balaban J connectivity index is 3.27. The highest BCUT2D eigenvalue weighted by Crippen LogP contribution is 2.30. The molecule has 1 aromatic rings. The van der Waals surface area contributed by atoms with Gasteiger partial charge in [-0.05, 0) is 38.2 Å². The predicted molar refractivity (Wildman–Crippen MR) is 63.7 cm³/mol. The molecular formula is C12H19N3O. The fraction of sp³-hybridized carbons (Fsp3) is 0.500. The molecule has 16 heavy (non-hydrogen) atoms. The highest BCUT2D eigenvalue weighted by Gasteiger charge is 2.39. The monoisotopic (exact) mass is 221 g/mol. The van der Waals surface area contributed by atoms with Crippen LogP contribution in [0.3, 0.4) is 0 Å². The molecule has 0 radical (unpaired) electrons. The lowest BCUT2D eigenvalue weighted by atomic mass is 9.84. The van der Waals surface area contributed by atoms with E-state index in [1.54, 1.807) is 12.4 Å². The molecule has 4 heteroatoms. The fourth-order valence-electron chi connectivity index (χ4n) is 2.10. The molecule has 1 rings (SSSR count). The number of amides is 1. The first-order chi connectivity index (χ1) is 7.55. The summed E-state index contributed by atoms with van der Waals surface area (Å²) < 4.78 is 0. The van der Waals surface area contributed by atoms with E-state index in [-0.39, 0.29) is 5.91 Å². The first-order valence-corrected chi connectivity index (χ1v) is 5.43. The van der Waals surface area contributed by atoms with Crippen LogP contribution >= 0.6 is 0 Å². The average Bonchev–Trinajstić information content (AvgIpc) is 2.26. The van der Waals surface area contributed by atoms with Crippen molar-refractivity contribution in [3.63, 3.8) is 0 Å². The number of carbonyl (C=O) groups is 1. The van der Waals surface area contributed by atoms with Crippen LogP contribution < -0.4 is 5.73 Å². The number of primary amides is 1. The maximum Gasteiger partial charge on any atom is 0.242 e. The highest BCUT2D eigenvalue weighted by molar-refractivity contribution is 5.86. The van der Waals surface area contributed by atoms with E-state index in [0.717, 1.165) is 12.0 Å².